The summed E-state index contributed by atoms with van der Waals surface area (Å²) in [6.45, 7) is 13.2. The first-order chi connectivity index (χ1) is 17.4. The van der Waals surface area contributed by atoms with Crippen LogP contribution < -0.4 is 5.32 Å². The van der Waals surface area contributed by atoms with Crippen molar-refractivity contribution in [3.63, 3.8) is 0 Å². The third-order valence-electron chi connectivity index (χ3n) is 7.48. The van der Waals surface area contributed by atoms with E-state index < -0.39 is 23.9 Å². The van der Waals surface area contributed by atoms with E-state index in [1.165, 1.54) is 13.0 Å². The van der Waals surface area contributed by atoms with Crippen LogP contribution in [-0.2, 0) is 28.5 Å². The second-order valence-corrected chi connectivity index (χ2v) is 10.7. The third-order valence-corrected chi connectivity index (χ3v) is 7.48. The molecule has 2 saturated heterocycles. The third kappa shape index (κ3) is 9.36. The molecule has 9 atom stereocenters. The van der Waals surface area contributed by atoms with E-state index in [9.17, 15) is 14.7 Å². The summed E-state index contributed by atoms with van der Waals surface area (Å²) in [4.78, 5) is 23.3. The summed E-state index contributed by atoms with van der Waals surface area (Å²) < 4.78 is 23.0. The number of hydrogen-bond acceptors (Lipinski definition) is 7. The van der Waals surface area contributed by atoms with Crippen molar-refractivity contribution in [2.45, 2.75) is 122 Å². The molecule has 1 amide bonds. The molecule has 0 bridgehead atoms. The highest BCUT2D eigenvalue weighted by atomic mass is 16.5. The minimum Gasteiger partial charge on any atom is -0.459 e. The molecule has 2 rings (SSSR count). The number of esters is 1. The Morgan fingerprint density at radius 3 is 2.54 bits per heavy atom. The highest BCUT2D eigenvalue weighted by molar-refractivity contribution is 5.87. The molecule has 0 saturated carbocycles. The van der Waals surface area contributed by atoms with Crippen LogP contribution >= 0.6 is 0 Å². The maximum absolute atomic E-state index is 12.3. The van der Waals surface area contributed by atoms with Gasteiger partial charge in [0.1, 0.15) is 18.3 Å². The van der Waals surface area contributed by atoms with Crippen molar-refractivity contribution >= 4 is 11.9 Å². The molecule has 2 heterocycles. The van der Waals surface area contributed by atoms with E-state index in [2.05, 4.69) is 25.2 Å². The number of aliphatic hydroxyl groups excluding tert-OH is 1. The van der Waals surface area contributed by atoms with Gasteiger partial charge in [0.05, 0.1) is 30.0 Å². The highest BCUT2D eigenvalue weighted by Crippen LogP contribution is 2.34. The van der Waals surface area contributed by atoms with Gasteiger partial charge in [-0.05, 0) is 59.0 Å². The highest BCUT2D eigenvalue weighted by Gasteiger charge is 2.45. The summed E-state index contributed by atoms with van der Waals surface area (Å²) in [5.41, 5.74) is 0.439. The van der Waals surface area contributed by atoms with Gasteiger partial charge in [-0.3, -0.25) is 9.59 Å². The Morgan fingerprint density at radius 2 is 1.92 bits per heavy atom. The molecule has 8 heteroatoms. The molecule has 0 aliphatic carbocycles. The number of aliphatic hydroxyl groups is 1. The van der Waals surface area contributed by atoms with Gasteiger partial charge >= 0.3 is 5.97 Å². The molecule has 8 nitrogen and oxygen atoms in total. The quantitative estimate of drug-likeness (QED) is 0.254. The van der Waals surface area contributed by atoms with E-state index >= 15 is 0 Å². The second kappa shape index (κ2) is 14.2. The van der Waals surface area contributed by atoms with E-state index in [0.717, 1.165) is 24.8 Å². The van der Waals surface area contributed by atoms with Crippen molar-refractivity contribution in [1.82, 2.24) is 5.32 Å². The number of carbonyl (C=O) groups is 2. The van der Waals surface area contributed by atoms with Gasteiger partial charge in [-0.2, -0.15) is 0 Å². The summed E-state index contributed by atoms with van der Waals surface area (Å²) >= 11 is 0. The molecule has 0 aromatic heterocycles. The number of nitrogens with one attached hydrogen (secondary N) is 1. The molecule has 7 unspecified atom stereocenters. The van der Waals surface area contributed by atoms with E-state index in [-0.39, 0.29) is 42.1 Å². The predicted molar refractivity (Wildman–Crippen MR) is 143 cm³/mol. The van der Waals surface area contributed by atoms with Gasteiger partial charge in [0.2, 0.25) is 5.91 Å². The molecule has 2 N–H and O–H groups in total. The summed E-state index contributed by atoms with van der Waals surface area (Å²) in [6.07, 6.45) is 10.5. The molecule has 0 aromatic rings. The van der Waals surface area contributed by atoms with Crippen LogP contribution in [0.1, 0.15) is 74.1 Å². The van der Waals surface area contributed by atoms with Crippen LogP contribution in [0.5, 0.6) is 0 Å². The Hall–Kier alpha value is -2.00. The fourth-order valence-electron chi connectivity index (χ4n) is 4.94. The lowest BCUT2D eigenvalue weighted by Crippen LogP contribution is -2.55. The molecule has 0 aromatic carbocycles. The topological polar surface area (TPSA) is 103 Å². The average Bonchev–Trinajstić information content (AvgIpc) is 2.84. The zero-order valence-corrected chi connectivity index (χ0v) is 23.7. The molecule has 2 aliphatic rings. The average molecular weight is 522 g/mol. The smallest absolute Gasteiger partial charge is 0.303 e. The van der Waals surface area contributed by atoms with Gasteiger partial charge in [0.15, 0.2) is 0 Å². The number of methoxy groups -OCH3 is 1. The van der Waals surface area contributed by atoms with Crippen LogP contribution in [0.25, 0.3) is 0 Å². The predicted octanol–water partition coefficient (Wildman–Crippen LogP) is 4.02. The van der Waals surface area contributed by atoms with Crippen LogP contribution in [0.2, 0.25) is 0 Å². The van der Waals surface area contributed by atoms with Crippen molar-refractivity contribution in [1.29, 1.82) is 0 Å². The second-order valence-electron chi connectivity index (χ2n) is 10.7. The minimum atomic E-state index is -0.737. The minimum absolute atomic E-state index is 0.0452. The van der Waals surface area contributed by atoms with Gasteiger partial charge in [0, 0.05) is 26.5 Å². The maximum atomic E-state index is 12.3. The monoisotopic (exact) mass is 521 g/mol. The summed E-state index contributed by atoms with van der Waals surface area (Å²) in [6, 6.07) is -0.0936. The van der Waals surface area contributed by atoms with Crippen LogP contribution in [0, 0.1) is 5.92 Å². The van der Waals surface area contributed by atoms with Crippen molar-refractivity contribution in [3.8, 4) is 0 Å². The molecule has 37 heavy (non-hydrogen) atoms. The number of ether oxygens (including phenoxy) is 4. The van der Waals surface area contributed by atoms with Crippen LogP contribution in [0.15, 0.2) is 36.0 Å². The molecule has 0 radical (unpaired) electrons. The van der Waals surface area contributed by atoms with E-state index in [4.69, 9.17) is 18.9 Å². The van der Waals surface area contributed by atoms with E-state index in [1.807, 2.05) is 32.9 Å². The van der Waals surface area contributed by atoms with Crippen LogP contribution in [0.3, 0.4) is 0 Å². The summed E-state index contributed by atoms with van der Waals surface area (Å²) in [7, 11) is 1.64. The Morgan fingerprint density at radius 1 is 1.22 bits per heavy atom. The molecule has 210 valence electrons. The van der Waals surface area contributed by atoms with E-state index in [1.54, 1.807) is 20.1 Å². The Labute approximate surface area is 222 Å². The SMILES string of the molecule is CC[C@@H]1CC(C)(OC)[C@H](O)C(/C=C/C(C)=C/CC2OC(C)C(NC(=O)/C=C\C(C)OC(C)=O)CC2C)O1. The summed E-state index contributed by atoms with van der Waals surface area (Å²) in [5.74, 6) is -0.353. The number of allylic oxidation sites excluding steroid dienone is 2. The van der Waals surface area contributed by atoms with E-state index in [0.29, 0.717) is 6.42 Å². The molecule has 2 aliphatic heterocycles. The summed E-state index contributed by atoms with van der Waals surface area (Å²) in [5, 5.41) is 13.8. The number of amides is 1. The van der Waals surface area contributed by atoms with Crippen LogP contribution in [0.4, 0.5) is 0 Å². The zero-order chi connectivity index (χ0) is 27.8. The van der Waals surface area contributed by atoms with Gasteiger partial charge < -0.3 is 29.4 Å². The first-order valence-corrected chi connectivity index (χ1v) is 13.4. The van der Waals surface area contributed by atoms with Crippen LogP contribution in [-0.4, -0.2) is 72.4 Å². The lowest BCUT2D eigenvalue weighted by Gasteiger charge is -2.44. The lowest BCUT2D eigenvalue weighted by molar-refractivity contribution is -0.206. The Kier molecular flexibility index (Phi) is 12.0. The first kappa shape index (κ1) is 31.2. The van der Waals surface area contributed by atoms with Crippen molar-refractivity contribution in [2.75, 3.05) is 7.11 Å². The largest absolute Gasteiger partial charge is 0.459 e. The molecule has 2 fully saturated rings. The number of carbonyl (C=O) groups excluding carboxylic acids is 2. The number of rotatable bonds is 10. The standard InChI is InChI=1S/C29H47NO7/c1-9-23-17-29(7,34-8)28(33)26(37-23)14-11-18(2)10-13-25-19(3)16-24(21(5)36-25)30-27(32)15-12-20(4)35-22(6)31/h10-12,14-15,19-21,23-26,28,33H,9,13,16-17H2,1-8H3,(H,30,32)/b14-11+,15-12-,18-10+/t19?,20?,21?,23-,24?,25?,26?,28-,29?/m1/s1. The molecular weight excluding hydrogens is 474 g/mol. The van der Waals surface area contributed by atoms with Gasteiger partial charge in [-0.25, -0.2) is 0 Å². The lowest BCUT2D eigenvalue weighted by atomic mass is 9.84. The molecule has 0 spiro atoms. The maximum Gasteiger partial charge on any atom is 0.303 e. The fraction of sp³-hybridized carbons (Fsp3) is 0.724. The molecular formula is C29H47NO7. The Bertz CT molecular complexity index is 853. The van der Waals surface area contributed by atoms with Gasteiger partial charge in [0.25, 0.3) is 0 Å². The van der Waals surface area contributed by atoms with Crippen molar-refractivity contribution < 1.29 is 33.6 Å². The van der Waals surface area contributed by atoms with Crippen molar-refractivity contribution in [3.05, 3.63) is 36.0 Å². The zero-order valence-electron chi connectivity index (χ0n) is 23.7. The van der Waals surface area contributed by atoms with Gasteiger partial charge in [-0.1, -0.05) is 37.6 Å². The van der Waals surface area contributed by atoms with Gasteiger partial charge in [-0.15, -0.1) is 0 Å². The fourth-order valence-corrected chi connectivity index (χ4v) is 4.94. The normalized spacial score (nSPS) is 36.0. The Balaban J connectivity index is 1.90. The number of hydrogen-bond donors (Lipinski definition) is 2. The first-order valence-electron chi connectivity index (χ1n) is 13.4. The van der Waals surface area contributed by atoms with Crippen molar-refractivity contribution in [2.24, 2.45) is 5.92 Å².